The van der Waals surface area contributed by atoms with Crippen LogP contribution in [0.1, 0.15) is 11.1 Å². The van der Waals surface area contributed by atoms with Gasteiger partial charge in [0.05, 0.1) is 20.5 Å². The van der Waals surface area contributed by atoms with Crippen LogP contribution in [0, 0.1) is 24.0 Å². The average Bonchev–Trinajstić information content (AvgIpc) is 2.40. The van der Waals surface area contributed by atoms with Crippen LogP contribution in [-0.2, 0) is 10.0 Å². The van der Waals surface area contributed by atoms with Crippen molar-refractivity contribution >= 4 is 33.0 Å². The maximum atomic E-state index is 12.4. The first-order chi connectivity index (χ1) is 10.2. The number of hydrogen-bond donors (Lipinski definition) is 1. The van der Waals surface area contributed by atoms with Crippen molar-refractivity contribution in [1.82, 2.24) is 0 Å². The molecule has 0 radical (unpaired) electrons. The third kappa shape index (κ3) is 3.37. The van der Waals surface area contributed by atoms with E-state index in [9.17, 15) is 18.5 Å². The van der Waals surface area contributed by atoms with Crippen molar-refractivity contribution in [2.75, 3.05) is 4.72 Å². The van der Waals surface area contributed by atoms with Gasteiger partial charge in [-0.3, -0.25) is 14.8 Å². The lowest BCUT2D eigenvalue weighted by atomic mass is 10.2. The van der Waals surface area contributed by atoms with Crippen LogP contribution in [0.15, 0.2) is 41.3 Å². The lowest BCUT2D eigenvalue weighted by Gasteiger charge is -2.12. The first-order valence-electron chi connectivity index (χ1n) is 6.25. The molecule has 0 saturated heterocycles. The first kappa shape index (κ1) is 16.3. The summed E-state index contributed by atoms with van der Waals surface area (Å²) in [5.74, 6) is 0. The Balaban J connectivity index is 2.39. The Labute approximate surface area is 132 Å². The zero-order chi connectivity index (χ0) is 16.5. The number of rotatable bonds is 4. The minimum absolute atomic E-state index is 0.0393. The molecule has 0 unspecified atom stereocenters. The Hall–Kier alpha value is -2.12. The van der Waals surface area contributed by atoms with E-state index in [1.54, 1.807) is 19.1 Å². The van der Waals surface area contributed by atoms with Gasteiger partial charge < -0.3 is 0 Å². The Morgan fingerprint density at radius 3 is 2.36 bits per heavy atom. The molecule has 0 aliphatic rings. The summed E-state index contributed by atoms with van der Waals surface area (Å²) in [5, 5.41) is 10.6. The highest BCUT2D eigenvalue weighted by atomic mass is 35.5. The summed E-state index contributed by atoms with van der Waals surface area (Å²) >= 11 is 5.90. The highest BCUT2D eigenvalue weighted by Crippen LogP contribution is 2.29. The predicted octanol–water partition coefficient (Wildman–Crippen LogP) is 3.67. The van der Waals surface area contributed by atoms with Gasteiger partial charge >= 0.3 is 0 Å². The Kier molecular flexibility index (Phi) is 4.39. The molecule has 2 aromatic rings. The van der Waals surface area contributed by atoms with E-state index in [4.69, 9.17) is 11.6 Å². The van der Waals surface area contributed by atoms with Gasteiger partial charge in [0.15, 0.2) is 0 Å². The van der Waals surface area contributed by atoms with Gasteiger partial charge in [0.2, 0.25) is 0 Å². The van der Waals surface area contributed by atoms with Crippen LogP contribution in [0.2, 0.25) is 5.02 Å². The smallest absolute Gasteiger partial charge is 0.271 e. The molecule has 0 aliphatic carbocycles. The fourth-order valence-corrected chi connectivity index (χ4v) is 3.59. The second-order valence-corrected chi connectivity index (χ2v) is 6.85. The number of aryl methyl sites for hydroxylation is 2. The molecule has 2 rings (SSSR count). The van der Waals surface area contributed by atoms with Gasteiger partial charge in [-0.05, 0) is 31.5 Å². The zero-order valence-electron chi connectivity index (χ0n) is 11.8. The van der Waals surface area contributed by atoms with Crippen molar-refractivity contribution in [3.05, 3.63) is 62.7 Å². The Bertz CT molecular complexity index is 850. The molecular weight excluding hydrogens is 328 g/mol. The van der Waals surface area contributed by atoms with Gasteiger partial charge in [-0.15, -0.1) is 0 Å². The molecule has 1 N–H and O–H groups in total. The number of hydrogen-bond acceptors (Lipinski definition) is 4. The summed E-state index contributed by atoms with van der Waals surface area (Å²) in [5.41, 5.74) is 1.43. The van der Waals surface area contributed by atoms with Gasteiger partial charge in [-0.2, -0.15) is 0 Å². The number of non-ortho nitro benzene ring substituents is 1. The van der Waals surface area contributed by atoms with Crippen LogP contribution in [0.25, 0.3) is 0 Å². The molecule has 116 valence electrons. The monoisotopic (exact) mass is 340 g/mol. The maximum absolute atomic E-state index is 12.4. The summed E-state index contributed by atoms with van der Waals surface area (Å²) in [7, 11) is -3.82. The largest absolute Gasteiger partial charge is 0.278 e. The third-order valence-corrected chi connectivity index (χ3v) is 4.87. The normalized spacial score (nSPS) is 11.2. The minimum Gasteiger partial charge on any atom is -0.278 e. The summed E-state index contributed by atoms with van der Waals surface area (Å²) in [6.07, 6.45) is 0. The lowest BCUT2D eigenvalue weighted by Crippen LogP contribution is -2.14. The number of benzene rings is 2. The number of nitrogens with one attached hydrogen (secondary N) is 1. The van der Waals surface area contributed by atoms with Gasteiger partial charge in [0.1, 0.15) is 0 Å². The Morgan fingerprint density at radius 2 is 1.82 bits per heavy atom. The van der Waals surface area contributed by atoms with Crippen LogP contribution in [-0.4, -0.2) is 13.3 Å². The van der Waals surface area contributed by atoms with E-state index in [0.717, 1.165) is 11.6 Å². The SMILES string of the molecule is Cc1ccc(S(=O)(=O)Nc2ccc([N+](=O)[O-])cc2Cl)c(C)c1. The second-order valence-electron chi connectivity index (χ2n) is 4.80. The van der Waals surface area contributed by atoms with E-state index in [1.807, 2.05) is 6.92 Å². The number of nitrogens with zero attached hydrogens (tertiary/aromatic N) is 1. The molecule has 0 bridgehead atoms. The molecular formula is C14H13ClN2O4S. The number of nitro benzene ring substituents is 1. The molecule has 0 fully saturated rings. The van der Waals surface area contributed by atoms with Crippen molar-refractivity contribution in [2.45, 2.75) is 18.7 Å². The van der Waals surface area contributed by atoms with E-state index in [2.05, 4.69) is 4.72 Å². The standard InChI is InChI=1S/C14H13ClN2O4S/c1-9-3-6-14(10(2)7-9)22(20,21)16-13-5-4-11(17(18)19)8-12(13)15/h3-8,16H,1-2H3. The molecule has 8 heteroatoms. The molecule has 0 amide bonds. The van der Waals surface area contributed by atoms with Gasteiger partial charge in [-0.1, -0.05) is 29.3 Å². The zero-order valence-corrected chi connectivity index (χ0v) is 13.4. The summed E-state index contributed by atoms with van der Waals surface area (Å²) < 4.78 is 27.1. The molecule has 0 aliphatic heterocycles. The van der Waals surface area contributed by atoms with E-state index in [-0.39, 0.29) is 21.3 Å². The molecule has 6 nitrogen and oxygen atoms in total. The molecule has 0 saturated carbocycles. The lowest BCUT2D eigenvalue weighted by molar-refractivity contribution is -0.384. The Morgan fingerprint density at radius 1 is 1.14 bits per heavy atom. The topological polar surface area (TPSA) is 89.3 Å². The molecule has 0 heterocycles. The van der Waals surface area contributed by atoms with Crippen molar-refractivity contribution in [1.29, 1.82) is 0 Å². The molecule has 22 heavy (non-hydrogen) atoms. The molecule has 0 atom stereocenters. The quantitative estimate of drug-likeness (QED) is 0.679. The van der Waals surface area contributed by atoms with Crippen molar-refractivity contribution in [3.8, 4) is 0 Å². The van der Waals surface area contributed by atoms with Crippen molar-refractivity contribution < 1.29 is 13.3 Å². The van der Waals surface area contributed by atoms with Gasteiger partial charge in [-0.25, -0.2) is 8.42 Å². The third-order valence-electron chi connectivity index (χ3n) is 3.03. The summed E-state index contributed by atoms with van der Waals surface area (Å²) in [6, 6.07) is 8.51. The number of sulfonamides is 1. The number of nitro groups is 1. The predicted molar refractivity (Wildman–Crippen MR) is 84.8 cm³/mol. The molecule has 0 aromatic heterocycles. The van der Waals surface area contributed by atoms with Crippen LogP contribution in [0.4, 0.5) is 11.4 Å². The summed E-state index contributed by atoms with van der Waals surface area (Å²) in [4.78, 5) is 10.2. The second kappa shape index (κ2) is 5.94. The van der Waals surface area contributed by atoms with E-state index >= 15 is 0 Å². The van der Waals surface area contributed by atoms with Gasteiger partial charge in [0, 0.05) is 12.1 Å². The van der Waals surface area contributed by atoms with Crippen LogP contribution in [0.3, 0.4) is 0 Å². The highest BCUT2D eigenvalue weighted by molar-refractivity contribution is 7.92. The molecule has 2 aromatic carbocycles. The fourth-order valence-electron chi connectivity index (χ4n) is 2.00. The summed E-state index contributed by atoms with van der Waals surface area (Å²) in [6.45, 7) is 3.56. The van der Waals surface area contributed by atoms with Crippen LogP contribution in [0.5, 0.6) is 0 Å². The van der Waals surface area contributed by atoms with E-state index in [1.165, 1.54) is 18.2 Å². The van der Waals surface area contributed by atoms with E-state index in [0.29, 0.717) is 5.56 Å². The average molecular weight is 341 g/mol. The minimum atomic E-state index is -3.82. The highest BCUT2D eigenvalue weighted by Gasteiger charge is 2.19. The fraction of sp³-hybridized carbons (Fsp3) is 0.143. The first-order valence-corrected chi connectivity index (χ1v) is 8.11. The van der Waals surface area contributed by atoms with Crippen LogP contribution < -0.4 is 4.72 Å². The number of anilines is 1. The van der Waals surface area contributed by atoms with Gasteiger partial charge in [0.25, 0.3) is 15.7 Å². The van der Waals surface area contributed by atoms with E-state index < -0.39 is 14.9 Å². The van der Waals surface area contributed by atoms with Crippen molar-refractivity contribution in [3.63, 3.8) is 0 Å². The number of halogens is 1. The van der Waals surface area contributed by atoms with Crippen LogP contribution >= 0.6 is 11.6 Å². The maximum Gasteiger partial charge on any atom is 0.271 e. The molecule has 0 spiro atoms. The van der Waals surface area contributed by atoms with Crippen molar-refractivity contribution in [2.24, 2.45) is 0 Å².